The Morgan fingerprint density at radius 2 is 1.81 bits per heavy atom. The number of benzene rings is 3. The molecule has 2 aromatic heterocycles. The number of fused-ring (bicyclic) bond motifs is 1. The van der Waals surface area contributed by atoms with Gasteiger partial charge in [-0.2, -0.15) is 4.98 Å². The maximum absolute atomic E-state index is 14.9. The summed E-state index contributed by atoms with van der Waals surface area (Å²) >= 11 is 0. The minimum absolute atomic E-state index is 0.0470. The summed E-state index contributed by atoms with van der Waals surface area (Å²) in [6.45, 7) is 1.44. The lowest BCUT2D eigenvalue weighted by molar-refractivity contribution is -0.114. The Bertz CT molecular complexity index is 1590. The van der Waals surface area contributed by atoms with Crippen molar-refractivity contribution < 1.29 is 13.9 Å². The Balaban J connectivity index is 1.38. The molecule has 0 aliphatic heterocycles. The average molecular weight is 481 g/mol. The maximum atomic E-state index is 14.9. The van der Waals surface area contributed by atoms with Crippen molar-refractivity contribution in [2.24, 2.45) is 0 Å². The zero-order chi connectivity index (χ0) is 25.1. The Labute approximate surface area is 206 Å². The predicted octanol–water partition coefficient (Wildman–Crippen LogP) is 5.91. The summed E-state index contributed by atoms with van der Waals surface area (Å²) in [5.74, 6) is 0.328. The molecule has 5 rings (SSSR count). The second kappa shape index (κ2) is 9.67. The van der Waals surface area contributed by atoms with Crippen LogP contribution in [0.4, 0.5) is 27.5 Å². The van der Waals surface area contributed by atoms with Crippen molar-refractivity contribution in [1.29, 1.82) is 0 Å². The maximum Gasteiger partial charge on any atom is 0.222 e. The summed E-state index contributed by atoms with van der Waals surface area (Å²) < 4.78 is 20.8. The molecule has 3 aromatic carbocycles. The van der Waals surface area contributed by atoms with Crippen LogP contribution >= 0.6 is 0 Å². The third kappa shape index (κ3) is 5.05. The first kappa shape index (κ1) is 22.7. The normalized spacial score (nSPS) is 10.7. The molecule has 5 aromatic rings. The van der Waals surface area contributed by atoms with Crippen molar-refractivity contribution in [3.05, 3.63) is 91.0 Å². The van der Waals surface area contributed by atoms with Crippen molar-refractivity contribution in [3.8, 4) is 22.8 Å². The van der Waals surface area contributed by atoms with E-state index in [1.165, 1.54) is 13.0 Å². The highest BCUT2D eigenvalue weighted by Crippen LogP contribution is 2.32. The van der Waals surface area contributed by atoms with Crippen LogP contribution in [0.5, 0.6) is 11.5 Å². The standard InChI is InChI=1S/C27H21FN6O2/c1-16(35)31-19-6-2-4-17(12-19)23-14-26(34-27(29)33-23)32-20-8-9-25(22(28)13-20)36-24-7-3-5-18-15-30-11-10-21(18)24/h2-15H,1H3,(H,31,35)(H3,29,32,33,34). The second-order valence-corrected chi connectivity index (χ2v) is 7.98. The number of pyridine rings is 1. The number of anilines is 4. The minimum Gasteiger partial charge on any atom is -0.454 e. The highest BCUT2D eigenvalue weighted by molar-refractivity contribution is 5.89. The molecule has 0 spiro atoms. The van der Waals surface area contributed by atoms with E-state index in [-0.39, 0.29) is 17.6 Å². The number of carbonyl (C=O) groups is 1. The number of hydrogen-bond acceptors (Lipinski definition) is 7. The van der Waals surface area contributed by atoms with Crippen LogP contribution in [0, 0.1) is 5.82 Å². The van der Waals surface area contributed by atoms with E-state index >= 15 is 0 Å². The van der Waals surface area contributed by atoms with Gasteiger partial charge in [0.15, 0.2) is 11.6 Å². The van der Waals surface area contributed by atoms with Gasteiger partial charge in [-0.3, -0.25) is 9.78 Å². The van der Waals surface area contributed by atoms with Gasteiger partial charge in [-0.05, 0) is 36.4 Å². The molecule has 0 unspecified atom stereocenters. The number of halogens is 1. The van der Waals surface area contributed by atoms with Crippen LogP contribution in [0.1, 0.15) is 6.92 Å². The molecular weight excluding hydrogens is 459 g/mol. The number of amides is 1. The van der Waals surface area contributed by atoms with Crippen molar-refractivity contribution >= 4 is 39.8 Å². The number of nitrogen functional groups attached to an aromatic ring is 1. The largest absolute Gasteiger partial charge is 0.454 e. The lowest BCUT2D eigenvalue weighted by atomic mass is 10.1. The Morgan fingerprint density at radius 1 is 0.944 bits per heavy atom. The summed E-state index contributed by atoms with van der Waals surface area (Å²) in [5.41, 5.74) is 8.29. The van der Waals surface area contributed by atoms with Gasteiger partial charge in [0.2, 0.25) is 11.9 Å². The smallest absolute Gasteiger partial charge is 0.222 e. The van der Waals surface area contributed by atoms with Crippen LogP contribution in [0.15, 0.2) is 85.2 Å². The molecule has 9 heteroatoms. The molecule has 1 amide bonds. The fraction of sp³-hybridized carbons (Fsp3) is 0.0370. The Morgan fingerprint density at radius 3 is 2.64 bits per heavy atom. The third-order valence-electron chi connectivity index (χ3n) is 5.29. The molecular formula is C27H21FN6O2. The molecule has 4 N–H and O–H groups in total. The first-order valence-corrected chi connectivity index (χ1v) is 11.0. The molecule has 0 aliphatic rings. The predicted molar refractivity (Wildman–Crippen MR) is 138 cm³/mol. The molecule has 2 heterocycles. The molecule has 36 heavy (non-hydrogen) atoms. The van der Waals surface area contributed by atoms with Crippen molar-refractivity contribution in [1.82, 2.24) is 15.0 Å². The molecule has 0 radical (unpaired) electrons. The van der Waals surface area contributed by atoms with Crippen molar-refractivity contribution in [2.45, 2.75) is 6.92 Å². The highest BCUT2D eigenvalue weighted by atomic mass is 19.1. The van der Waals surface area contributed by atoms with E-state index in [1.807, 2.05) is 24.3 Å². The van der Waals surface area contributed by atoms with Crippen LogP contribution in [0.25, 0.3) is 22.0 Å². The summed E-state index contributed by atoms with van der Waals surface area (Å²) in [7, 11) is 0. The van der Waals surface area contributed by atoms with Crippen LogP contribution in [-0.4, -0.2) is 20.9 Å². The van der Waals surface area contributed by atoms with E-state index < -0.39 is 5.82 Å². The highest BCUT2D eigenvalue weighted by Gasteiger charge is 2.11. The van der Waals surface area contributed by atoms with Crippen LogP contribution in [-0.2, 0) is 4.79 Å². The van der Waals surface area contributed by atoms with Gasteiger partial charge in [-0.25, -0.2) is 9.37 Å². The fourth-order valence-corrected chi connectivity index (χ4v) is 3.75. The molecule has 0 fully saturated rings. The van der Waals surface area contributed by atoms with Gasteiger partial charge >= 0.3 is 0 Å². The number of aromatic nitrogens is 3. The number of nitrogens with two attached hydrogens (primary N) is 1. The monoisotopic (exact) mass is 480 g/mol. The average Bonchev–Trinajstić information content (AvgIpc) is 2.85. The molecule has 0 saturated heterocycles. The van der Waals surface area contributed by atoms with E-state index in [4.69, 9.17) is 10.5 Å². The van der Waals surface area contributed by atoms with Gasteiger partial charge in [-0.1, -0.05) is 24.3 Å². The zero-order valence-electron chi connectivity index (χ0n) is 19.2. The summed E-state index contributed by atoms with van der Waals surface area (Å²) in [5, 5.41) is 7.53. The number of ether oxygens (including phenoxy) is 1. The van der Waals surface area contributed by atoms with Gasteiger partial charge in [0, 0.05) is 59.2 Å². The van der Waals surface area contributed by atoms with Crippen LogP contribution in [0.2, 0.25) is 0 Å². The molecule has 0 atom stereocenters. The summed E-state index contributed by atoms with van der Waals surface area (Å²) in [4.78, 5) is 24.0. The lowest BCUT2D eigenvalue weighted by Crippen LogP contribution is -2.06. The summed E-state index contributed by atoms with van der Waals surface area (Å²) in [6.07, 6.45) is 3.39. The van der Waals surface area contributed by atoms with Crippen LogP contribution in [0.3, 0.4) is 0 Å². The molecule has 0 aliphatic carbocycles. The topological polar surface area (TPSA) is 115 Å². The van der Waals surface area contributed by atoms with Gasteiger partial charge in [0.05, 0.1) is 5.69 Å². The van der Waals surface area contributed by atoms with E-state index in [0.717, 1.165) is 16.3 Å². The molecule has 0 saturated carbocycles. The zero-order valence-corrected chi connectivity index (χ0v) is 19.2. The lowest BCUT2D eigenvalue weighted by Gasteiger charge is -2.12. The summed E-state index contributed by atoms with van der Waals surface area (Å²) in [6, 6.07) is 20.8. The van der Waals surface area contributed by atoms with E-state index in [1.54, 1.807) is 54.9 Å². The van der Waals surface area contributed by atoms with Gasteiger partial charge in [0.1, 0.15) is 11.6 Å². The van der Waals surface area contributed by atoms with E-state index in [0.29, 0.717) is 28.6 Å². The van der Waals surface area contributed by atoms with Crippen molar-refractivity contribution in [3.63, 3.8) is 0 Å². The first-order valence-electron chi connectivity index (χ1n) is 11.0. The number of nitrogens with zero attached hydrogens (tertiary/aromatic N) is 3. The number of hydrogen-bond donors (Lipinski definition) is 3. The van der Waals surface area contributed by atoms with Gasteiger partial charge in [0.25, 0.3) is 0 Å². The number of rotatable bonds is 6. The van der Waals surface area contributed by atoms with E-state index in [2.05, 4.69) is 25.6 Å². The SMILES string of the molecule is CC(=O)Nc1cccc(-c2cc(Nc3ccc(Oc4cccc5cnccc45)c(F)c3)nc(N)n2)c1. The van der Waals surface area contributed by atoms with E-state index in [9.17, 15) is 9.18 Å². The quantitative estimate of drug-likeness (QED) is 0.277. The number of nitrogens with one attached hydrogen (secondary N) is 2. The molecule has 8 nitrogen and oxygen atoms in total. The first-order chi connectivity index (χ1) is 17.4. The third-order valence-corrected chi connectivity index (χ3v) is 5.29. The van der Waals surface area contributed by atoms with Gasteiger partial charge in [-0.15, -0.1) is 0 Å². The van der Waals surface area contributed by atoms with Gasteiger partial charge < -0.3 is 21.1 Å². The van der Waals surface area contributed by atoms with Crippen molar-refractivity contribution in [2.75, 3.05) is 16.4 Å². The Kier molecular flexibility index (Phi) is 6.10. The minimum atomic E-state index is -0.545. The fourth-order valence-electron chi connectivity index (χ4n) is 3.75. The molecule has 178 valence electrons. The second-order valence-electron chi connectivity index (χ2n) is 7.98. The Hall–Kier alpha value is -5.05. The van der Waals surface area contributed by atoms with Crippen LogP contribution < -0.4 is 21.1 Å². The number of carbonyl (C=O) groups excluding carboxylic acids is 1. The molecule has 0 bridgehead atoms.